The van der Waals surface area contributed by atoms with Gasteiger partial charge in [0.05, 0.1) is 0 Å². The van der Waals surface area contributed by atoms with Crippen molar-refractivity contribution in [1.82, 2.24) is 14.7 Å². The van der Waals surface area contributed by atoms with Crippen LogP contribution in [0.5, 0.6) is 0 Å². The van der Waals surface area contributed by atoms with Crippen molar-refractivity contribution in [3.8, 4) is 0 Å². The van der Waals surface area contributed by atoms with Crippen LogP contribution in [-0.4, -0.2) is 79.5 Å². The summed E-state index contributed by atoms with van der Waals surface area (Å²) in [5.41, 5.74) is 2.82. The van der Waals surface area contributed by atoms with E-state index in [-0.39, 0.29) is 11.9 Å². The van der Waals surface area contributed by atoms with Gasteiger partial charge in [-0.3, -0.25) is 14.6 Å². The van der Waals surface area contributed by atoms with E-state index in [1.54, 1.807) is 11.9 Å². The predicted molar refractivity (Wildman–Crippen MR) is 133 cm³/mol. The number of hydrogen-bond donors (Lipinski definition) is 0. The third kappa shape index (κ3) is 4.81. The summed E-state index contributed by atoms with van der Waals surface area (Å²) in [6.45, 7) is 2.89. The summed E-state index contributed by atoms with van der Waals surface area (Å²) in [6, 6.07) is 18.3. The number of urea groups is 1. The fourth-order valence-corrected chi connectivity index (χ4v) is 4.80. The Balaban J connectivity index is 1.31. The molecule has 2 aliphatic heterocycles. The molecule has 0 aliphatic carbocycles. The lowest BCUT2D eigenvalue weighted by molar-refractivity contribution is -0.135. The number of carbonyl (C=O) groups is 2. The van der Waals surface area contributed by atoms with E-state index in [0.29, 0.717) is 25.8 Å². The van der Waals surface area contributed by atoms with Gasteiger partial charge in [0.25, 0.3) is 5.91 Å². The van der Waals surface area contributed by atoms with E-state index in [1.807, 2.05) is 44.4 Å². The van der Waals surface area contributed by atoms with Gasteiger partial charge in [0, 0.05) is 53.0 Å². The summed E-state index contributed by atoms with van der Waals surface area (Å²) in [7, 11) is 5.86. The molecule has 3 amide bonds. The van der Waals surface area contributed by atoms with Crippen LogP contribution in [0.1, 0.15) is 24.0 Å². The van der Waals surface area contributed by atoms with Crippen molar-refractivity contribution in [2.24, 2.45) is 0 Å². The molecular weight excluding hydrogens is 412 g/mol. The van der Waals surface area contributed by atoms with Gasteiger partial charge < -0.3 is 9.80 Å². The maximum atomic E-state index is 13.3. The monoisotopic (exact) mass is 446 g/mol. The zero-order chi connectivity index (χ0) is 23.4. The summed E-state index contributed by atoms with van der Waals surface area (Å²) >= 11 is 0. The number of likely N-dealkylation sites (N-methyl/N-ethyl adjacent to an activating group) is 1. The summed E-state index contributed by atoms with van der Waals surface area (Å²) < 4.78 is 0. The zero-order valence-corrected chi connectivity index (χ0v) is 19.9. The standard InChI is InChI=1S/C27H34N4O2/c1-28(2)24-13-11-23(12-14-24)10-7-18-30-20-16-27(17-21-30)25(32)31(26(33)29(27)3)19-15-22-8-5-4-6-9-22/h4-14H,15-21H2,1-3H3/b10-7+. The number of imide groups is 1. The molecule has 2 saturated heterocycles. The van der Waals surface area contributed by atoms with Gasteiger partial charge in [-0.2, -0.15) is 0 Å². The van der Waals surface area contributed by atoms with E-state index in [1.165, 1.54) is 16.2 Å². The molecule has 6 nitrogen and oxygen atoms in total. The van der Waals surface area contributed by atoms with Crippen LogP contribution in [0.25, 0.3) is 6.08 Å². The van der Waals surface area contributed by atoms with Gasteiger partial charge in [0.15, 0.2) is 0 Å². The average molecular weight is 447 g/mol. The lowest BCUT2D eigenvalue weighted by atomic mass is 9.86. The maximum Gasteiger partial charge on any atom is 0.327 e. The van der Waals surface area contributed by atoms with Gasteiger partial charge in [-0.05, 0) is 42.5 Å². The Morgan fingerprint density at radius 1 is 0.970 bits per heavy atom. The summed E-state index contributed by atoms with van der Waals surface area (Å²) in [5.74, 6) is -0.0258. The molecule has 2 heterocycles. The molecule has 1 spiro atoms. The van der Waals surface area contributed by atoms with Crippen LogP contribution in [0.2, 0.25) is 0 Å². The molecular formula is C27H34N4O2. The predicted octanol–water partition coefficient (Wildman–Crippen LogP) is 3.74. The second-order valence-electron chi connectivity index (χ2n) is 9.25. The highest BCUT2D eigenvalue weighted by molar-refractivity contribution is 6.07. The number of likely N-dealkylation sites (tertiary alicyclic amines) is 1. The minimum atomic E-state index is -0.685. The Morgan fingerprint density at radius 2 is 1.64 bits per heavy atom. The first-order valence-electron chi connectivity index (χ1n) is 11.7. The van der Waals surface area contributed by atoms with Gasteiger partial charge in [-0.15, -0.1) is 0 Å². The van der Waals surface area contributed by atoms with Crippen LogP contribution in [0, 0.1) is 0 Å². The van der Waals surface area contributed by atoms with Crippen molar-refractivity contribution in [3.63, 3.8) is 0 Å². The molecule has 33 heavy (non-hydrogen) atoms. The number of piperidine rings is 1. The van der Waals surface area contributed by atoms with Gasteiger partial charge in [-0.25, -0.2) is 4.79 Å². The average Bonchev–Trinajstić information content (AvgIpc) is 3.00. The minimum Gasteiger partial charge on any atom is -0.378 e. The normalized spacial score (nSPS) is 18.6. The Hall–Kier alpha value is -3.12. The van der Waals surface area contributed by atoms with E-state index in [9.17, 15) is 9.59 Å². The SMILES string of the molecule is CN(C)c1ccc(/C=C/CN2CCC3(CC2)C(=O)N(CCc2ccccc2)C(=O)N3C)cc1. The van der Waals surface area contributed by atoms with Crippen molar-refractivity contribution in [1.29, 1.82) is 0 Å². The molecule has 174 valence electrons. The highest BCUT2D eigenvalue weighted by atomic mass is 16.2. The van der Waals surface area contributed by atoms with Gasteiger partial charge in [0.1, 0.15) is 5.54 Å². The van der Waals surface area contributed by atoms with Crippen LogP contribution in [0.15, 0.2) is 60.7 Å². The minimum absolute atomic E-state index is 0.0258. The van der Waals surface area contributed by atoms with E-state index in [4.69, 9.17) is 0 Å². The van der Waals surface area contributed by atoms with E-state index >= 15 is 0 Å². The fourth-order valence-electron chi connectivity index (χ4n) is 4.80. The van der Waals surface area contributed by atoms with Crippen molar-refractivity contribution < 1.29 is 9.59 Å². The molecule has 0 unspecified atom stereocenters. The van der Waals surface area contributed by atoms with Crippen LogP contribution in [0.3, 0.4) is 0 Å². The second kappa shape index (κ2) is 9.79. The fraction of sp³-hybridized carbons (Fsp3) is 0.407. The Bertz CT molecular complexity index is 993. The van der Waals surface area contributed by atoms with E-state index < -0.39 is 5.54 Å². The largest absolute Gasteiger partial charge is 0.378 e. The maximum absolute atomic E-state index is 13.3. The molecule has 0 radical (unpaired) electrons. The molecule has 2 aliphatic rings. The lowest BCUT2D eigenvalue weighted by Gasteiger charge is -2.40. The number of anilines is 1. The molecule has 0 saturated carbocycles. The van der Waals surface area contributed by atoms with Crippen LogP contribution in [-0.2, 0) is 11.2 Å². The lowest BCUT2D eigenvalue weighted by Crippen LogP contribution is -2.55. The molecule has 2 aromatic carbocycles. The molecule has 0 bridgehead atoms. The number of amides is 3. The van der Waals surface area contributed by atoms with Gasteiger partial charge >= 0.3 is 6.03 Å². The van der Waals surface area contributed by atoms with Crippen LogP contribution < -0.4 is 4.90 Å². The molecule has 0 atom stereocenters. The Labute approximate surface area is 197 Å². The number of rotatable bonds is 7. The molecule has 2 fully saturated rings. The van der Waals surface area contributed by atoms with Gasteiger partial charge in [0.2, 0.25) is 0 Å². The molecule has 2 aromatic rings. The summed E-state index contributed by atoms with van der Waals surface area (Å²) in [5, 5.41) is 0. The summed E-state index contributed by atoms with van der Waals surface area (Å²) in [4.78, 5) is 33.8. The van der Waals surface area contributed by atoms with Crippen molar-refractivity contribution in [2.45, 2.75) is 24.8 Å². The highest BCUT2D eigenvalue weighted by Crippen LogP contribution is 2.36. The van der Waals surface area contributed by atoms with Crippen molar-refractivity contribution in [3.05, 3.63) is 71.8 Å². The topological polar surface area (TPSA) is 47.1 Å². The van der Waals surface area contributed by atoms with E-state index in [2.05, 4.69) is 46.2 Å². The van der Waals surface area contributed by atoms with Crippen LogP contribution >= 0.6 is 0 Å². The third-order valence-electron chi connectivity index (χ3n) is 7.04. The first-order chi connectivity index (χ1) is 15.9. The molecule has 0 N–H and O–H groups in total. The highest BCUT2D eigenvalue weighted by Gasteiger charge is 2.56. The second-order valence-corrected chi connectivity index (χ2v) is 9.25. The smallest absolute Gasteiger partial charge is 0.327 e. The Kier molecular flexibility index (Phi) is 6.84. The number of benzene rings is 2. The zero-order valence-electron chi connectivity index (χ0n) is 19.9. The number of hydrogen-bond acceptors (Lipinski definition) is 4. The Morgan fingerprint density at radius 3 is 2.27 bits per heavy atom. The molecule has 4 rings (SSSR count). The molecule has 6 heteroatoms. The molecule has 0 aromatic heterocycles. The summed E-state index contributed by atoms with van der Waals surface area (Å²) in [6.07, 6.45) is 6.38. The van der Waals surface area contributed by atoms with Crippen molar-refractivity contribution >= 4 is 23.7 Å². The first kappa shape index (κ1) is 23.1. The van der Waals surface area contributed by atoms with Crippen molar-refractivity contribution in [2.75, 3.05) is 52.2 Å². The first-order valence-corrected chi connectivity index (χ1v) is 11.7. The van der Waals surface area contributed by atoms with E-state index in [0.717, 1.165) is 25.2 Å². The van der Waals surface area contributed by atoms with Gasteiger partial charge in [-0.1, -0.05) is 54.6 Å². The number of carbonyl (C=O) groups excluding carboxylic acids is 2. The quantitative estimate of drug-likeness (QED) is 0.608. The third-order valence-corrected chi connectivity index (χ3v) is 7.04. The number of nitrogens with zero attached hydrogens (tertiary/aromatic N) is 4. The van der Waals surface area contributed by atoms with Crippen LogP contribution in [0.4, 0.5) is 10.5 Å².